The fourth-order valence-corrected chi connectivity index (χ4v) is 1.75. The molecule has 0 saturated carbocycles. The maximum absolute atomic E-state index is 6.05. The van der Waals surface area contributed by atoms with Crippen LogP contribution in [0, 0.1) is 5.92 Å². The standard InChI is InChI=1S/C13H21NO.2ClH.H3N/c1-10(2)8-12(14)9-11-4-6-13(15-3)7-5-11;;;/h4-7,10,12H,8-9,14H2,1-3H3;2*1H;1H3/t12-;;;/m0.../s1. The Morgan fingerprint density at radius 3 is 2.00 bits per heavy atom. The van der Waals surface area contributed by atoms with Crippen molar-refractivity contribution in [1.82, 2.24) is 6.15 Å². The molecule has 0 heterocycles. The molecule has 3 nitrogen and oxygen atoms in total. The molecule has 0 aliphatic heterocycles. The number of ether oxygens (including phenoxy) is 1. The molecule has 108 valence electrons. The molecule has 0 spiro atoms. The van der Waals surface area contributed by atoms with E-state index < -0.39 is 0 Å². The molecule has 0 amide bonds. The average molecular weight is 297 g/mol. The van der Waals surface area contributed by atoms with Crippen molar-refractivity contribution in [3.63, 3.8) is 0 Å². The van der Waals surface area contributed by atoms with Gasteiger partial charge in [0, 0.05) is 6.04 Å². The minimum absolute atomic E-state index is 0. The van der Waals surface area contributed by atoms with Gasteiger partial charge >= 0.3 is 0 Å². The Kier molecular flexibility index (Phi) is 14.6. The van der Waals surface area contributed by atoms with E-state index in [1.54, 1.807) is 7.11 Å². The molecule has 5 heteroatoms. The molecule has 0 fully saturated rings. The van der Waals surface area contributed by atoms with Crippen LogP contribution in [-0.2, 0) is 6.42 Å². The smallest absolute Gasteiger partial charge is 0.118 e. The maximum atomic E-state index is 6.05. The Balaban J connectivity index is -0.000000750. The minimum Gasteiger partial charge on any atom is -0.497 e. The van der Waals surface area contributed by atoms with Gasteiger partial charge in [-0.3, -0.25) is 0 Å². The van der Waals surface area contributed by atoms with E-state index in [9.17, 15) is 0 Å². The first kappa shape index (κ1) is 22.7. The molecule has 1 atom stereocenters. The van der Waals surface area contributed by atoms with Crippen molar-refractivity contribution >= 4 is 24.8 Å². The molecule has 0 saturated heterocycles. The Bertz CT molecular complexity index is 292. The summed E-state index contributed by atoms with van der Waals surface area (Å²) in [6.07, 6.45) is 2.02. The third-order valence-corrected chi connectivity index (χ3v) is 2.43. The molecule has 1 rings (SSSR count). The molecule has 5 N–H and O–H groups in total. The first-order valence-electron chi connectivity index (χ1n) is 5.50. The van der Waals surface area contributed by atoms with E-state index in [2.05, 4.69) is 26.0 Å². The Morgan fingerprint density at radius 2 is 1.61 bits per heavy atom. The number of benzene rings is 1. The molecule has 1 aromatic rings. The molecule has 18 heavy (non-hydrogen) atoms. The molecular formula is C13H26Cl2N2O. The van der Waals surface area contributed by atoms with E-state index in [0.29, 0.717) is 5.92 Å². The number of halogens is 2. The zero-order chi connectivity index (χ0) is 11.3. The fourth-order valence-electron chi connectivity index (χ4n) is 1.75. The number of nitrogens with two attached hydrogens (primary N) is 1. The summed E-state index contributed by atoms with van der Waals surface area (Å²) in [4.78, 5) is 0. The van der Waals surface area contributed by atoms with Crippen LogP contribution in [0.2, 0.25) is 0 Å². The van der Waals surface area contributed by atoms with Crippen LogP contribution in [-0.4, -0.2) is 13.2 Å². The van der Waals surface area contributed by atoms with Crippen LogP contribution < -0.4 is 16.6 Å². The summed E-state index contributed by atoms with van der Waals surface area (Å²) in [6.45, 7) is 4.40. The summed E-state index contributed by atoms with van der Waals surface area (Å²) in [7, 11) is 1.68. The zero-order valence-electron chi connectivity index (χ0n) is 11.4. The fraction of sp³-hybridized carbons (Fsp3) is 0.538. The van der Waals surface area contributed by atoms with Crippen LogP contribution in [0.5, 0.6) is 5.75 Å². The van der Waals surface area contributed by atoms with Crippen molar-refractivity contribution in [1.29, 1.82) is 0 Å². The lowest BCUT2D eigenvalue weighted by atomic mass is 9.98. The van der Waals surface area contributed by atoms with Gasteiger partial charge in [-0.05, 0) is 36.5 Å². The van der Waals surface area contributed by atoms with Crippen molar-refractivity contribution in [3.05, 3.63) is 29.8 Å². The van der Waals surface area contributed by atoms with Gasteiger partial charge in [0.1, 0.15) is 5.75 Å². The van der Waals surface area contributed by atoms with E-state index in [0.717, 1.165) is 18.6 Å². The molecule has 0 unspecified atom stereocenters. The van der Waals surface area contributed by atoms with Gasteiger partial charge in [-0.15, -0.1) is 24.8 Å². The highest BCUT2D eigenvalue weighted by Crippen LogP contribution is 2.14. The quantitative estimate of drug-likeness (QED) is 0.872. The lowest BCUT2D eigenvalue weighted by molar-refractivity contribution is 0.414. The van der Waals surface area contributed by atoms with Gasteiger partial charge in [-0.1, -0.05) is 26.0 Å². The lowest BCUT2D eigenvalue weighted by Crippen LogP contribution is -2.24. The number of rotatable bonds is 5. The van der Waals surface area contributed by atoms with Crippen LogP contribution in [0.15, 0.2) is 24.3 Å². The van der Waals surface area contributed by atoms with Crippen LogP contribution >= 0.6 is 24.8 Å². The summed E-state index contributed by atoms with van der Waals surface area (Å²) < 4.78 is 5.11. The van der Waals surface area contributed by atoms with Gasteiger partial charge < -0.3 is 16.6 Å². The highest BCUT2D eigenvalue weighted by atomic mass is 35.5. The summed E-state index contributed by atoms with van der Waals surface area (Å²) in [5.41, 5.74) is 7.33. The van der Waals surface area contributed by atoms with Gasteiger partial charge in [0.2, 0.25) is 0 Å². The van der Waals surface area contributed by atoms with Crippen molar-refractivity contribution in [2.45, 2.75) is 32.7 Å². The second-order valence-electron chi connectivity index (χ2n) is 4.44. The predicted molar refractivity (Wildman–Crippen MR) is 83.6 cm³/mol. The molecule has 0 aliphatic rings. The molecular weight excluding hydrogens is 271 g/mol. The highest BCUT2D eigenvalue weighted by molar-refractivity contribution is 5.85. The third-order valence-electron chi connectivity index (χ3n) is 2.43. The predicted octanol–water partition coefficient (Wildman–Crippen LogP) is 3.62. The second-order valence-corrected chi connectivity index (χ2v) is 4.44. The largest absolute Gasteiger partial charge is 0.497 e. The Morgan fingerprint density at radius 1 is 1.11 bits per heavy atom. The topological polar surface area (TPSA) is 70.2 Å². The van der Waals surface area contributed by atoms with Crippen molar-refractivity contribution in [2.24, 2.45) is 11.7 Å². The number of hydrogen-bond acceptors (Lipinski definition) is 3. The van der Waals surface area contributed by atoms with Crippen molar-refractivity contribution in [2.75, 3.05) is 7.11 Å². The number of methoxy groups -OCH3 is 1. The van der Waals surface area contributed by atoms with Crippen molar-refractivity contribution < 1.29 is 4.74 Å². The van der Waals surface area contributed by atoms with E-state index in [1.807, 2.05) is 12.1 Å². The first-order chi connectivity index (χ1) is 7.11. The average Bonchev–Trinajstić information content (AvgIpc) is 2.17. The molecule has 0 aromatic heterocycles. The summed E-state index contributed by atoms with van der Waals surface area (Å²) in [5, 5.41) is 0. The zero-order valence-corrected chi connectivity index (χ0v) is 13.0. The number of hydrogen-bond donors (Lipinski definition) is 2. The highest BCUT2D eigenvalue weighted by Gasteiger charge is 2.06. The molecule has 0 radical (unpaired) electrons. The summed E-state index contributed by atoms with van der Waals surface area (Å²) >= 11 is 0. The molecule has 1 aromatic carbocycles. The molecule has 0 aliphatic carbocycles. The second kappa shape index (κ2) is 11.6. The summed E-state index contributed by atoms with van der Waals surface area (Å²) in [6, 6.07) is 8.39. The summed E-state index contributed by atoms with van der Waals surface area (Å²) in [5.74, 6) is 1.56. The van der Waals surface area contributed by atoms with E-state index in [4.69, 9.17) is 10.5 Å². The van der Waals surface area contributed by atoms with Crippen LogP contribution in [0.1, 0.15) is 25.8 Å². The van der Waals surface area contributed by atoms with Crippen LogP contribution in [0.25, 0.3) is 0 Å². The third kappa shape index (κ3) is 8.59. The SMILES string of the molecule is COc1ccc(C[C@@H](N)CC(C)C)cc1.Cl.Cl.N. The normalized spacial score (nSPS) is 10.7. The van der Waals surface area contributed by atoms with Crippen LogP contribution in [0.4, 0.5) is 0 Å². The monoisotopic (exact) mass is 296 g/mol. The van der Waals surface area contributed by atoms with Gasteiger partial charge in [0.25, 0.3) is 0 Å². The molecule has 0 bridgehead atoms. The van der Waals surface area contributed by atoms with Gasteiger partial charge in [-0.2, -0.15) is 0 Å². The van der Waals surface area contributed by atoms with Gasteiger partial charge in [0.15, 0.2) is 0 Å². The van der Waals surface area contributed by atoms with E-state index in [-0.39, 0.29) is 37.0 Å². The minimum atomic E-state index is 0. The van der Waals surface area contributed by atoms with Gasteiger partial charge in [0.05, 0.1) is 7.11 Å². The maximum Gasteiger partial charge on any atom is 0.118 e. The first-order valence-corrected chi connectivity index (χ1v) is 5.50. The van der Waals surface area contributed by atoms with Gasteiger partial charge in [-0.25, -0.2) is 0 Å². The Labute approximate surface area is 123 Å². The van der Waals surface area contributed by atoms with E-state index >= 15 is 0 Å². The van der Waals surface area contributed by atoms with E-state index in [1.165, 1.54) is 5.56 Å². The van der Waals surface area contributed by atoms with Crippen LogP contribution in [0.3, 0.4) is 0 Å². The van der Waals surface area contributed by atoms with Crippen molar-refractivity contribution in [3.8, 4) is 5.75 Å². The Hall–Kier alpha value is -0.480. The lowest BCUT2D eigenvalue weighted by Gasteiger charge is -2.14.